The molecule has 1 aliphatic heterocycles. The van der Waals surface area contributed by atoms with E-state index in [1.165, 1.54) is 12.1 Å². The molecule has 0 atom stereocenters. The van der Waals surface area contributed by atoms with Crippen molar-refractivity contribution in [2.75, 3.05) is 0 Å². The summed E-state index contributed by atoms with van der Waals surface area (Å²) < 4.78 is 5.32. The zero-order valence-electron chi connectivity index (χ0n) is 10.8. The molecule has 0 bridgehead atoms. The Morgan fingerprint density at radius 3 is 1.64 bits per heavy atom. The summed E-state index contributed by atoms with van der Waals surface area (Å²) in [4.78, 5) is 20.1. The van der Waals surface area contributed by atoms with E-state index in [1.807, 2.05) is 0 Å². The molecule has 112 valence electrons. The van der Waals surface area contributed by atoms with Gasteiger partial charge in [-0.1, -0.05) is 12.1 Å². The number of fused-ring (bicyclic) bond motifs is 2. The molecule has 0 fully saturated rings. The molecule has 0 radical (unpaired) electrons. The highest BCUT2D eigenvalue weighted by Crippen LogP contribution is 2.52. The standard InChI is InChI=1S/C14H8NO7/c16-13(17)7-3-1-5-9-11(7)22-12-8(14(18)19)4-2-6-10(12)15(9,20)21/h1-6H,(H,16,17)(H,18,19)/q-1. The number of hydrogen-bond acceptors (Lipinski definition) is 5. The molecule has 0 aromatic heterocycles. The van der Waals surface area contributed by atoms with Crippen LogP contribution in [0.3, 0.4) is 0 Å². The van der Waals surface area contributed by atoms with Crippen LogP contribution in [0.2, 0.25) is 0 Å². The van der Waals surface area contributed by atoms with Gasteiger partial charge >= 0.3 is 11.9 Å². The lowest BCUT2D eigenvalue weighted by Crippen LogP contribution is -2.33. The Morgan fingerprint density at radius 2 is 1.27 bits per heavy atom. The number of benzene rings is 2. The lowest BCUT2D eigenvalue weighted by molar-refractivity contribution is 0.0687. The molecule has 0 saturated carbocycles. The van der Waals surface area contributed by atoms with Gasteiger partial charge in [-0.05, 0) is 12.1 Å². The van der Waals surface area contributed by atoms with Crippen LogP contribution in [0.4, 0.5) is 11.4 Å². The van der Waals surface area contributed by atoms with Crippen LogP contribution in [0.1, 0.15) is 20.7 Å². The summed E-state index contributed by atoms with van der Waals surface area (Å²) in [5.41, 5.74) is -1.68. The first-order chi connectivity index (χ1) is 10.3. The van der Waals surface area contributed by atoms with E-state index >= 15 is 0 Å². The lowest BCUT2D eigenvalue weighted by Gasteiger charge is -2.48. The van der Waals surface area contributed by atoms with E-state index in [2.05, 4.69) is 0 Å². The maximum atomic E-state index is 12.4. The van der Waals surface area contributed by atoms with Crippen LogP contribution in [-0.4, -0.2) is 22.2 Å². The van der Waals surface area contributed by atoms with Crippen LogP contribution in [0.15, 0.2) is 36.4 Å². The van der Waals surface area contributed by atoms with Crippen LogP contribution >= 0.6 is 0 Å². The van der Waals surface area contributed by atoms with Crippen LogP contribution in [0.5, 0.6) is 11.5 Å². The van der Waals surface area contributed by atoms with Crippen molar-refractivity contribution < 1.29 is 24.5 Å². The second-order valence-corrected chi connectivity index (χ2v) is 4.57. The molecule has 0 amide bonds. The molecular formula is C14H8NO7-. The first-order valence-corrected chi connectivity index (χ1v) is 6.06. The predicted octanol–water partition coefficient (Wildman–Crippen LogP) is 2.82. The summed E-state index contributed by atoms with van der Waals surface area (Å²) in [5.74, 6) is -3.68. The van der Waals surface area contributed by atoms with Crippen LogP contribution in [0, 0.1) is 10.4 Å². The monoisotopic (exact) mass is 302 g/mol. The number of carbonyl (C=O) groups is 2. The van der Waals surface area contributed by atoms with Gasteiger partial charge in [-0.2, -0.15) is 0 Å². The van der Waals surface area contributed by atoms with Gasteiger partial charge in [0, 0.05) is 12.1 Å². The molecule has 2 aromatic rings. The van der Waals surface area contributed by atoms with Crippen LogP contribution in [0.25, 0.3) is 0 Å². The van der Waals surface area contributed by atoms with E-state index in [0.29, 0.717) is 0 Å². The summed E-state index contributed by atoms with van der Waals surface area (Å²) in [5, 5.41) is 43.1. The van der Waals surface area contributed by atoms with E-state index < -0.39 is 50.7 Å². The maximum Gasteiger partial charge on any atom is 0.339 e. The second kappa shape index (κ2) is 4.53. The van der Waals surface area contributed by atoms with Crippen molar-refractivity contribution in [1.82, 2.24) is 4.81 Å². The average Bonchev–Trinajstić information content (AvgIpc) is 2.46. The molecule has 0 unspecified atom stereocenters. The molecule has 8 heteroatoms. The molecule has 0 saturated heterocycles. The van der Waals surface area contributed by atoms with E-state index in [1.54, 1.807) is 0 Å². The number of carboxylic acids is 2. The minimum atomic E-state index is -2.30. The Bertz CT molecular complexity index is 747. The van der Waals surface area contributed by atoms with Gasteiger partial charge in [-0.3, -0.25) is 0 Å². The maximum absolute atomic E-state index is 12.4. The van der Waals surface area contributed by atoms with Gasteiger partial charge in [0.1, 0.15) is 11.1 Å². The summed E-state index contributed by atoms with van der Waals surface area (Å²) in [7, 11) is 0. The van der Waals surface area contributed by atoms with Crippen molar-refractivity contribution in [3.8, 4) is 11.5 Å². The molecule has 2 aromatic carbocycles. The minimum Gasteiger partial charge on any atom is -0.620 e. The molecule has 0 spiro atoms. The molecule has 1 heterocycles. The van der Waals surface area contributed by atoms with E-state index in [-0.39, 0.29) is 0 Å². The number of quaternary nitrogens is 1. The number of aromatic carboxylic acids is 2. The van der Waals surface area contributed by atoms with Gasteiger partial charge in [0.25, 0.3) is 0 Å². The summed E-state index contributed by atoms with van der Waals surface area (Å²) in [6.07, 6.45) is 0. The molecule has 3 rings (SSSR count). The number of rotatable bonds is 2. The van der Waals surface area contributed by atoms with Crippen LogP contribution < -0.4 is 9.55 Å². The fraction of sp³-hybridized carbons (Fsp3) is 0. The summed E-state index contributed by atoms with van der Waals surface area (Å²) in [6, 6.07) is 7.13. The van der Waals surface area contributed by atoms with Gasteiger partial charge in [-0.25, -0.2) is 9.59 Å². The van der Waals surface area contributed by atoms with Gasteiger partial charge in [0.15, 0.2) is 11.4 Å². The number of hydrogen-bond donors (Lipinski definition) is 2. The Balaban J connectivity index is 2.33. The number of ether oxygens (including phenoxy) is 1. The third-order valence-corrected chi connectivity index (χ3v) is 3.29. The summed E-state index contributed by atoms with van der Waals surface area (Å²) in [6.45, 7) is 0. The fourth-order valence-corrected chi connectivity index (χ4v) is 2.30. The normalized spacial score (nSPS) is 14.5. The van der Waals surface area contributed by atoms with Gasteiger partial charge in [-0.15, -0.1) is 0 Å². The Kier molecular flexibility index (Phi) is 2.89. The SMILES string of the molecule is O=C(O)c1cccc2c1Oc1c(C(=O)O)cccc1[N+]2([O-])[O-]. The third kappa shape index (κ3) is 1.83. The second-order valence-electron chi connectivity index (χ2n) is 4.57. The fourth-order valence-electron chi connectivity index (χ4n) is 2.30. The van der Waals surface area contributed by atoms with Gasteiger partial charge in [0.2, 0.25) is 11.5 Å². The number of nitrogens with zero attached hydrogens (tertiary/aromatic N) is 1. The zero-order chi connectivity index (χ0) is 16.1. The van der Waals surface area contributed by atoms with Gasteiger partial charge in [0.05, 0.1) is 0 Å². The molecule has 1 aliphatic rings. The van der Waals surface area contributed by atoms with Crippen molar-refractivity contribution >= 4 is 23.3 Å². The van der Waals surface area contributed by atoms with Crippen molar-refractivity contribution in [3.05, 3.63) is 57.9 Å². The smallest absolute Gasteiger partial charge is 0.339 e. The average molecular weight is 302 g/mol. The Labute approximate surface area is 123 Å². The molecule has 8 nitrogen and oxygen atoms in total. The molecular weight excluding hydrogens is 294 g/mol. The molecule has 2 N–H and O–H groups in total. The van der Waals surface area contributed by atoms with Gasteiger partial charge < -0.3 is 30.2 Å². The quantitative estimate of drug-likeness (QED) is 0.644. The van der Waals surface area contributed by atoms with Crippen molar-refractivity contribution in [2.45, 2.75) is 0 Å². The number of para-hydroxylation sites is 2. The molecule has 22 heavy (non-hydrogen) atoms. The first-order valence-electron chi connectivity index (χ1n) is 6.06. The predicted molar refractivity (Wildman–Crippen MR) is 75.1 cm³/mol. The van der Waals surface area contributed by atoms with E-state index in [4.69, 9.17) is 14.9 Å². The Hall–Kier alpha value is -2.94. The summed E-state index contributed by atoms with van der Waals surface area (Å²) >= 11 is 0. The Morgan fingerprint density at radius 1 is 0.864 bits per heavy atom. The van der Waals surface area contributed by atoms with Crippen molar-refractivity contribution in [3.63, 3.8) is 0 Å². The van der Waals surface area contributed by atoms with Crippen LogP contribution in [-0.2, 0) is 0 Å². The van der Waals surface area contributed by atoms with Crippen molar-refractivity contribution in [2.24, 2.45) is 0 Å². The highest BCUT2D eigenvalue weighted by Gasteiger charge is 2.35. The minimum absolute atomic E-state index is 0.391. The lowest BCUT2D eigenvalue weighted by atomic mass is 10.1. The third-order valence-electron chi connectivity index (χ3n) is 3.29. The zero-order valence-corrected chi connectivity index (χ0v) is 10.8. The van der Waals surface area contributed by atoms with E-state index in [0.717, 1.165) is 24.3 Å². The highest BCUT2D eigenvalue weighted by atomic mass is 16.8. The number of carboxylic acid groups (broad SMARTS) is 2. The highest BCUT2D eigenvalue weighted by molar-refractivity contribution is 5.98. The largest absolute Gasteiger partial charge is 0.620 e. The van der Waals surface area contributed by atoms with Crippen molar-refractivity contribution in [1.29, 1.82) is 0 Å². The van der Waals surface area contributed by atoms with E-state index in [9.17, 15) is 20.0 Å². The first kappa shape index (κ1) is 14.0. The topological polar surface area (TPSA) is 130 Å². The molecule has 0 aliphatic carbocycles.